The lowest BCUT2D eigenvalue weighted by Gasteiger charge is -2.17. The molecule has 0 heterocycles. The Balaban J connectivity index is 2.83. The van der Waals surface area contributed by atoms with Crippen LogP contribution >= 0.6 is 0 Å². The number of halogens is 3. The van der Waals surface area contributed by atoms with E-state index in [-0.39, 0.29) is 12.4 Å². The Hall–Kier alpha value is -1.27. The van der Waals surface area contributed by atoms with Crippen LogP contribution in [0.25, 0.3) is 0 Å². The first kappa shape index (κ1) is 13.8. The fraction of sp³-hybridized carbons (Fsp3) is 0.455. The SMILES string of the molecule is N[C@@H](CCCO)c1ccccc1OC(F)(F)F. The van der Waals surface area contributed by atoms with Crippen molar-refractivity contribution in [2.45, 2.75) is 25.2 Å². The highest BCUT2D eigenvalue weighted by atomic mass is 19.4. The Morgan fingerprint density at radius 1 is 1.29 bits per heavy atom. The van der Waals surface area contributed by atoms with Crippen LogP contribution in [0.3, 0.4) is 0 Å². The number of benzene rings is 1. The Kier molecular flexibility index (Phi) is 4.77. The van der Waals surface area contributed by atoms with Gasteiger partial charge in [0.15, 0.2) is 0 Å². The molecule has 96 valence electrons. The molecule has 1 aromatic carbocycles. The smallest absolute Gasteiger partial charge is 0.405 e. The zero-order chi connectivity index (χ0) is 12.9. The van der Waals surface area contributed by atoms with Crippen LogP contribution < -0.4 is 10.5 Å². The van der Waals surface area contributed by atoms with Gasteiger partial charge in [-0.05, 0) is 18.9 Å². The van der Waals surface area contributed by atoms with Crippen LogP contribution in [-0.4, -0.2) is 18.1 Å². The highest BCUT2D eigenvalue weighted by Crippen LogP contribution is 2.30. The molecule has 6 heteroatoms. The molecular weight excluding hydrogens is 235 g/mol. The number of aliphatic hydroxyl groups is 1. The van der Waals surface area contributed by atoms with Crippen molar-refractivity contribution in [2.75, 3.05) is 6.61 Å². The van der Waals surface area contributed by atoms with Crippen molar-refractivity contribution in [2.24, 2.45) is 5.73 Å². The Morgan fingerprint density at radius 3 is 2.53 bits per heavy atom. The number of alkyl halides is 3. The first-order chi connectivity index (χ1) is 7.94. The minimum atomic E-state index is -4.73. The molecule has 3 nitrogen and oxygen atoms in total. The van der Waals surface area contributed by atoms with Gasteiger partial charge in [-0.2, -0.15) is 0 Å². The quantitative estimate of drug-likeness (QED) is 0.842. The monoisotopic (exact) mass is 249 g/mol. The molecule has 0 radical (unpaired) electrons. The second-order valence-corrected chi connectivity index (χ2v) is 3.56. The molecule has 0 aliphatic rings. The number of hydrogen-bond acceptors (Lipinski definition) is 3. The van der Waals surface area contributed by atoms with Crippen LogP contribution in [0.15, 0.2) is 24.3 Å². The highest BCUT2D eigenvalue weighted by molar-refractivity contribution is 5.35. The predicted octanol–water partition coefficient (Wildman–Crippen LogP) is 2.36. The van der Waals surface area contributed by atoms with Gasteiger partial charge in [0.1, 0.15) is 5.75 Å². The van der Waals surface area contributed by atoms with Gasteiger partial charge in [0, 0.05) is 18.2 Å². The van der Waals surface area contributed by atoms with E-state index in [0.29, 0.717) is 18.4 Å². The van der Waals surface area contributed by atoms with Gasteiger partial charge in [-0.15, -0.1) is 13.2 Å². The summed E-state index contributed by atoms with van der Waals surface area (Å²) >= 11 is 0. The molecule has 1 aromatic rings. The highest BCUT2D eigenvalue weighted by Gasteiger charge is 2.32. The summed E-state index contributed by atoms with van der Waals surface area (Å²) in [4.78, 5) is 0. The van der Waals surface area contributed by atoms with E-state index in [0.717, 1.165) is 0 Å². The maximum Gasteiger partial charge on any atom is 0.573 e. The summed E-state index contributed by atoms with van der Waals surface area (Å²) in [6.07, 6.45) is -3.90. The average molecular weight is 249 g/mol. The van der Waals surface area contributed by atoms with E-state index in [1.165, 1.54) is 18.2 Å². The molecule has 1 atom stereocenters. The zero-order valence-electron chi connectivity index (χ0n) is 9.07. The number of aliphatic hydroxyl groups excluding tert-OH is 1. The second-order valence-electron chi connectivity index (χ2n) is 3.56. The molecule has 0 fully saturated rings. The largest absolute Gasteiger partial charge is 0.573 e. The van der Waals surface area contributed by atoms with Gasteiger partial charge in [-0.3, -0.25) is 0 Å². The van der Waals surface area contributed by atoms with Gasteiger partial charge >= 0.3 is 6.36 Å². The van der Waals surface area contributed by atoms with Crippen molar-refractivity contribution in [1.82, 2.24) is 0 Å². The van der Waals surface area contributed by atoms with Gasteiger partial charge in [0.2, 0.25) is 0 Å². The Bertz CT molecular complexity index is 355. The van der Waals surface area contributed by atoms with Crippen LogP contribution in [-0.2, 0) is 0 Å². The standard InChI is InChI=1S/C11H14F3NO2/c12-11(13,14)17-10-6-2-1-4-8(10)9(15)5-3-7-16/h1-2,4,6,9,16H,3,5,7,15H2/t9-/m0/s1. The zero-order valence-corrected chi connectivity index (χ0v) is 9.07. The van der Waals surface area contributed by atoms with Gasteiger partial charge in [-0.1, -0.05) is 18.2 Å². The van der Waals surface area contributed by atoms with Crippen LogP contribution in [0.5, 0.6) is 5.75 Å². The third-order valence-corrected chi connectivity index (χ3v) is 2.22. The van der Waals surface area contributed by atoms with Gasteiger partial charge in [0.25, 0.3) is 0 Å². The number of para-hydroxylation sites is 1. The Morgan fingerprint density at radius 2 is 1.94 bits per heavy atom. The van der Waals surface area contributed by atoms with Gasteiger partial charge in [0.05, 0.1) is 0 Å². The topological polar surface area (TPSA) is 55.5 Å². The number of hydrogen-bond donors (Lipinski definition) is 2. The summed E-state index contributed by atoms with van der Waals surface area (Å²) in [5.41, 5.74) is 6.03. The van der Waals surface area contributed by atoms with E-state index in [1.54, 1.807) is 6.07 Å². The van der Waals surface area contributed by atoms with Crippen LogP contribution in [0.1, 0.15) is 24.4 Å². The van der Waals surface area contributed by atoms with E-state index < -0.39 is 12.4 Å². The third kappa shape index (κ3) is 4.62. The van der Waals surface area contributed by atoms with E-state index in [1.807, 2.05) is 0 Å². The summed E-state index contributed by atoms with van der Waals surface area (Å²) in [5, 5.41) is 8.65. The summed E-state index contributed by atoms with van der Waals surface area (Å²) in [6, 6.07) is 5.17. The van der Waals surface area contributed by atoms with Gasteiger partial charge in [-0.25, -0.2) is 0 Å². The van der Waals surface area contributed by atoms with Crippen LogP contribution in [0.2, 0.25) is 0 Å². The normalized spacial score (nSPS) is 13.5. The van der Waals surface area contributed by atoms with Gasteiger partial charge < -0.3 is 15.6 Å². The predicted molar refractivity (Wildman–Crippen MR) is 56.4 cm³/mol. The van der Waals surface area contributed by atoms with Crippen LogP contribution in [0.4, 0.5) is 13.2 Å². The van der Waals surface area contributed by atoms with E-state index in [2.05, 4.69) is 4.74 Å². The van der Waals surface area contributed by atoms with Crippen molar-refractivity contribution in [3.05, 3.63) is 29.8 Å². The first-order valence-electron chi connectivity index (χ1n) is 5.15. The lowest BCUT2D eigenvalue weighted by Crippen LogP contribution is -2.20. The number of ether oxygens (including phenoxy) is 1. The first-order valence-corrected chi connectivity index (χ1v) is 5.15. The van der Waals surface area contributed by atoms with E-state index in [9.17, 15) is 13.2 Å². The van der Waals surface area contributed by atoms with Crippen LogP contribution in [0, 0.1) is 0 Å². The minimum absolute atomic E-state index is 0.0456. The van der Waals surface area contributed by atoms with Crippen molar-refractivity contribution < 1.29 is 23.0 Å². The molecule has 0 spiro atoms. The average Bonchev–Trinajstić information content (AvgIpc) is 2.24. The van der Waals surface area contributed by atoms with E-state index >= 15 is 0 Å². The fourth-order valence-electron chi connectivity index (χ4n) is 1.47. The Labute approximate surface area is 97.0 Å². The van der Waals surface area contributed by atoms with Crippen molar-refractivity contribution in [3.63, 3.8) is 0 Å². The number of nitrogens with two attached hydrogens (primary N) is 1. The van der Waals surface area contributed by atoms with Crippen molar-refractivity contribution in [3.8, 4) is 5.75 Å². The second kappa shape index (κ2) is 5.88. The van der Waals surface area contributed by atoms with Crippen molar-refractivity contribution in [1.29, 1.82) is 0 Å². The minimum Gasteiger partial charge on any atom is -0.405 e. The molecule has 0 unspecified atom stereocenters. The molecule has 0 bridgehead atoms. The molecule has 17 heavy (non-hydrogen) atoms. The molecule has 0 aromatic heterocycles. The summed E-state index contributed by atoms with van der Waals surface area (Å²) in [7, 11) is 0. The summed E-state index contributed by atoms with van der Waals surface area (Å²) < 4.78 is 40.3. The third-order valence-electron chi connectivity index (χ3n) is 2.22. The molecule has 0 saturated heterocycles. The molecule has 1 rings (SSSR count). The lowest BCUT2D eigenvalue weighted by atomic mass is 10.0. The number of rotatable bonds is 5. The maximum absolute atomic E-state index is 12.1. The maximum atomic E-state index is 12.1. The van der Waals surface area contributed by atoms with E-state index in [4.69, 9.17) is 10.8 Å². The molecule has 0 aliphatic carbocycles. The summed E-state index contributed by atoms with van der Waals surface area (Å²) in [6.45, 7) is -0.0456. The summed E-state index contributed by atoms with van der Waals surface area (Å²) in [5.74, 6) is -0.287. The lowest BCUT2D eigenvalue weighted by molar-refractivity contribution is -0.275. The molecule has 0 saturated carbocycles. The molecular formula is C11H14F3NO2. The molecule has 0 aliphatic heterocycles. The molecule has 3 N–H and O–H groups in total. The van der Waals surface area contributed by atoms with Crippen molar-refractivity contribution >= 4 is 0 Å². The fourth-order valence-corrected chi connectivity index (χ4v) is 1.47. The molecule has 0 amide bonds.